The van der Waals surface area contributed by atoms with Gasteiger partial charge < -0.3 is 15.1 Å². The Hall–Kier alpha value is -2.63. The van der Waals surface area contributed by atoms with Crippen LogP contribution in [-0.4, -0.2) is 52.5 Å². The molecule has 3 rings (SSSR count). The molecule has 1 aliphatic rings. The number of piperazine rings is 1. The molecule has 0 aliphatic carbocycles. The number of carbonyl (C=O) groups is 1. The van der Waals surface area contributed by atoms with Gasteiger partial charge >= 0.3 is 0 Å². The Morgan fingerprint density at radius 3 is 2.36 bits per heavy atom. The zero-order valence-corrected chi connectivity index (χ0v) is 17.8. The van der Waals surface area contributed by atoms with E-state index in [2.05, 4.69) is 73.0 Å². The van der Waals surface area contributed by atoms with Crippen molar-refractivity contribution >= 4 is 17.4 Å². The van der Waals surface area contributed by atoms with E-state index in [1.807, 2.05) is 11.8 Å². The molecule has 0 unspecified atom stereocenters. The van der Waals surface area contributed by atoms with Gasteiger partial charge in [0.2, 0.25) is 0 Å². The fourth-order valence-corrected chi connectivity index (χ4v) is 3.52. The van der Waals surface area contributed by atoms with Gasteiger partial charge in [-0.1, -0.05) is 12.1 Å². The number of aryl methyl sites for hydroxylation is 2. The number of amides is 1. The fourth-order valence-electron chi connectivity index (χ4n) is 3.52. The van der Waals surface area contributed by atoms with Crippen LogP contribution in [0, 0.1) is 20.8 Å². The van der Waals surface area contributed by atoms with Crippen LogP contribution in [0.2, 0.25) is 0 Å². The summed E-state index contributed by atoms with van der Waals surface area (Å²) >= 11 is 0. The second-order valence-corrected chi connectivity index (χ2v) is 8.56. The molecular weight excluding hydrogens is 350 g/mol. The molecule has 2 heterocycles. The van der Waals surface area contributed by atoms with Crippen LogP contribution in [0.15, 0.2) is 24.3 Å². The Balaban J connectivity index is 1.71. The van der Waals surface area contributed by atoms with Crippen molar-refractivity contribution in [2.75, 3.05) is 36.4 Å². The number of nitrogens with one attached hydrogen (secondary N) is 1. The van der Waals surface area contributed by atoms with Crippen LogP contribution in [-0.2, 0) is 0 Å². The molecule has 1 saturated heterocycles. The molecule has 0 atom stereocenters. The molecule has 0 bridgehead atoms. The molecule has 1 fully saturated rings. The van der Waals surface area contributed by atoms with E-state index in [1.54, 1.807) is 6.07 Å². The molecule has 0 radical (unpaired) electrons. The van der Waals surface area contributed by atoms with Crippen molar-refractivity contribution < 1.29 is 4.79 Å². The van der Waals surface area contributed by atoms with E-state index in [0.29, 0.717) is 30.4 Å². The highest BCUT2D eigenvalue weighted by atomic mass is 16.2. The smallest absolute Gasteiger partial charge is 0.272 e. The van der Waals surface area contributed by atoms with Gasteiger partial charge in [0, 0.05) is 43.5 Å². The first-order valence-corrected chi connectivity index (χ1v) is 9.88. The third-order valence-corrected chi connectivity index (χ3v) is 5.04. The number of hydrogen-bond acceptors (Lipinski definition) is 5. The Labute approximate surface area is 168 Å². The minimum absolute atomic E-state index is 0.0249. The van der Waals surface area contributed by atoms with E-state index >= 15 is 0 Å². The Morgan fingerprint density at radius 1 is 1.04 bits per heavy atom. The summed E-state index contributed by atoms with van der Waals surface area (Å²) in [5, 5.41) is 3.33. The second-order valence-electron chi connectivity index (χ2n) is 8.56. The summed E-state index contributed by atoms with van der Waals surface area (Å²) in [7, 11) is 0. The van der Waals surface area contributed by atoms with Crippen LogP contribution in [0.4, 0.5) is 11.5 Å². The van der Waals surface area contributed by atoms with Gasteiger partial charge in [0.15, 0.2) is 0 Å². The van der Waals surface area contributed by atoms with E-state index in [1.165, 1.54) is 16.8 Å². The highest BCUT2D eigenvalue weighted by molar-refractivity contribution is 5.93. The maximum atomic E-state index is 13.0. The lowest BCUT2D eigenvalue weighted by Crippen LogP contribution is -2.49. The highest BCUT2D eigenvalue weighted by Gasteiger charge is 2.25. The molecule has 0 spiro atoms. The molecule has 6 nitrogen and oxygen atoms in total. The fraction of sp³-hybridized carbons (Fsp3) is 0.500. The maximum Gasteiger partial charge on any atom is 0.272 e. The molecular formula is C22H31N5O. The average Bonchev–Trinajstić information content (AvgIpc) is 2.61. The Kier molecular flexibility index (Phi) is 5.59. The Morgan fingerprint density at radius 2 is 1.71 bits per heavy atom. The zero-order chi connectivity index (χ0) is 20.5. The summed E-state index contributed by atoms with van der Waals surface area (Å²) in [6.45, 7) is 15.4. The topological polar surface area (TPSA) is 61.4 Å². The highest BCUT2D eigenvalue weighted by Crippen LogP contribution is 2.24. The molecule has 6 heteroatoms. The predicted octanol–water partition coefficient (Wildman–Crippen LogP) is 3.57. The number of rotatable bonds is 3. The number of benzene rings is 1. The lowest BCUT2D eigenvalue weighted by atomic mass is 10.1. The van der Waals surface area contributed by atoms with Gasteiger partial charge in [0.1, 0.15) is 17.3 Å². The van der Waals surface area contributed by atoms with E-state index in [9.17, 15) is 4.79 Å². The van der Waals surface area contributed by atoms with E-state index < -0.39 is 0 Å². The first-order valence-electron chi connectivity index (χ1n) is 9.88. The molecule has 150 valence electrons. The largest absolute Gasteiger partial charge is 0.368 e. The lowest BCUT2D eigenvalue weighted by Gasteiger charge is -2.37. The van der Waals surface area contributed by atoms with Crippen LogP contribution < -0.4 is 10.2 Å². The molecule has 1 aromatic heterocycles. The summed E-state index contributed by atoms with van der Waals surface area (Å²) < 4.78 is 0. The summed E-state index contributed by atoms with van der Waals surface area (Å²) in [5.74, 6) is 1.27. The minimum Gasteiger partial charge on any atom is -0.368 e. The van der Waals surface area contributed by atoms with Crippen LogP contribution in [0.5, 0.6) is 0 Å². The Bertz CT molecular complexity index is 864. The van der Waals surface area contributed by atoms with Crippen LogP contribution >= 0.6 is 0 Å². The zero-order valence-electron chi connectivity index (χ0n) is 17.8. The molecule has 0 saturated carbocycles. The summed E-state index contributed by atoms with van der Waals surface area (Å²) in [4.78, 5) is 26.1. The lowest BCUT2D eigenvalue weighted by molar-refractivity contribution is 0.0740. The number of nitrogens with zero attached hydrogens (tertiary/aromatic N) is 4. The summed E-state index contributed by atoms with van der Waals surface area (Å²) in [5.41, 5.74) is 4.21. The first-order chi connectivity index (χ1) is 13.1. The van der Waals surface area contributed by atoms with Crippen molar-refractivity contribution in [3.05, 3.63) is 46.9 Å². The number of aromatic nitrogens is 2. The van der Waals surface area contributed by atoms with Crippen LogP contribution in [0.25, 0.3) is 0 Å². The number of anilines is 2. The van der Waals surface area contributed by atoms with Gasteiger partial charge in [-0.3, -0.25) is 4.79 Å². The molecule has 2 aromatic rings. The molecule has 1 amide bonds. The van der Waals surface area contributed by atoms with E-state index in [4.69, 9.17) is 0 Å². The molecule has 1 N–H and O–H groups in total. The van der Waals surface area contributed by atoms with Crippen molar-refractivity contribution in [3.8, 4) is 0 Å². The van der Waals surface area contributed by atoms with Gasteiger partial charge in [-0.05, 0) is 58.7 Å². The van der Waals surface area contributed by atoms with Crippen molar-refractivity contribution in [1.82, 2.24) is 14.9 Å². The monoisotopic (exact) mass is 381 g/mol. The van der Waals surface area contributed by atoms with Gasteiger partial charge in [-0.25, -0.2) is 9.97 Å². The molecule has 28 heavy (non-hydrogen) atoms. The third-order valence-electron chi connectivity index (χ3n) is 5.04. The second kappa shape index (κ2) is 7.78. The number of hydrogen-bond donors (Lipinski definition) is 1. The minimum atomic E-state index is -0.127. The standard InChI is InChI=1S/C22H31N5O/c1-15-8-7-9-19(16(15)2)26-10-12-27(13-11-26)21(28)18-14-20(24-17(3)23-18)25-22(4,5)6/h7-9,14H,10-13H2,1-6H3,(H,23,24,25). The summed E-state index contributed by atoms with van der Waals surface area (Å²) in [6, 6.07) is 8.16. The number of carbonyl (C=O) groups excluding carboxylic acids is 1. The first kappa shape index (κ1) is 20.1. The normalized spacial score (nSPS) is 14.9. The van der Waals surface area contributed by atoms with Crippen molar-refractivity contribution in [1.29, 1.82) is 0 Å². The molecule has 1 aliphatic heterocycles. The van der Waals surface area contributed by atoms with Crippen LogP contribution in [0.1, 0.15) is 48.2 Å². The molecule has 1 aromatic carbocycles. The predicted molar refractivity (Wildman–Crippen MR) is 114 cm³/mol. The SMILES string of the molecule is Cc1nc(NC(C)(C)C)cc(C(=O)N2CCN(c3cccc(C)c3C)CC2)n1. The van der Waals surface area contributed by atoms with Gasteiger partial charge in [-0.15, -0.1) is 0 Å². The van der Waals surface area contributed by atoms with Gasteiger partial charge in [-0.2, -0.15) is 0 Å². The van der Waals surface area contributed by atoms with E-state index in [0.717, 1.165) is 13.1 Å². The quantitative estimate of drug-likeness (QED) is 0.881. The van der Waals surface area contributed by atoms with Crippen LogP contribution in [0.3, 0.4) is 0 Å². The van der Waals surface area contributed by atoms with Gasteiger partial charge in [0.25, 0.3) is 5.91 Å². The van der Waals surface area contributed by atoms with Crippen molar-refractivity contribution in [2.24, 2.45) is 0 Å². The average molecular weight is 382 g/mol. The maximum absolute atomic E-state index is 13.0. The van der Waals surface area contributed by atoms with Crippen molar-refractivity contribution in [3.63, 3.8) is 0 Å². The van der Waals surface area contributed by atoms with Gasteiger partial charge in [0.05, 0.1) is 0 Å². The third kappa shape index (κ3) is 4.61. The van der Waals surface area contributed by atoms with E-state index in [-0.39, 0.29) is 11.4 Å². The summed E-state index contributed by atoms with van der Waals surface area (Å²) in [6.07, 6.45) is 0. The van der Waals surface area contributed by atoms with Crippen molar-refractivity contribution in [2.45, 2.75) is 47.1 Å².